The molecule has 0 saturated heterocycles. The molecule has 0 bridgehead atoms. The number of hydrogen-bond donors (Lipinski definition) is 0. The first-order valence-electron chi connectivity index (χ1n) is 16.0. The molecule has 0 spiro atoms. The third kappa shape index (κ3) is 16.0. The number of hydrogen-bond acceptors (Lipinski definition) is 3. The molecule has 0 aliphatic carbocycles. The van der Waals surface area contributed by atoms with Crippen molar-refractivity contribution in [2.24, 2.45) is 0 Å². The Morgan fingerprint density at radius 2 is 1.00 bits per heavy atom. The van der Waals surface area contributed by atoms with Crippen LogP contribution >= 0.6 is 0 Å². The van der Waals surface area contributed by atoms with Gasteiger partial charge in [0, 0.05) is 0 Å². The molecule has 3 nitrogen and oxygen atoms in total. The zero-order valence-corrected chi connectivity index (χ0v) is 28.4. The van der Waals surface area contributed by atoms with Crippen LogP contribution in [-0.2, 0) is 23.0 Å². The number of rotatable bonds is 23. The van der Waals surface area contributed by atoms with Gasteiger partial charge in [0.05, 0.1) is 4.90 Å². The van der Waals surface area contributed by atoms with Crippen molar-refractivity contribution in [1.82, 2.24) is 0 Å². The summed E-state index contributed by atoms with van der Waals surface area (Å²) in [6, 6.07) is 9.38. The molecule has 0 radical (unpaired) electrons. The van der Waals surface area contributed by atoms with Gasteiger partial charge in [-0.15, -0.1) is 0 Å². The van der Waals surface area contributed by atoms with Gasteiger partial charge in [0.15, 0.2) is 0 Å². The van der Waals surface area contributed by atoms with Crippen molar-refractivity contribution in [3.8, 4) is 0 Å². The number of fused-ring (bicyclic) bond motifs is 1. The Morgan fingerprint density at radius 1 is 0.564 bits per heavy atom. The van der Waals surface area contributed by atoms with Crippen LogP contribution in [-0.4, -0.2) is 13.0 Å². The second kappa shape index (κ2) is 22.2. The van der Waals surface area contributed by atoms with E-state index in [1.807, 2.05) is 6.07 Å². The van der Waals surface area contributed by atoms with E-state index in [4.69, 9.17) is 0 Å². The molecular formula is C34H55NaO3S. The summed E-state index contributed by atoms with van der Waals surface area (Å²) in [4.78, 5) is -0.114. The fourth-order valence-electron chi connectivity index (χ4n) is 5.61. The largest absolute Gasteiger partial charge is 1.00 e. The summed E-state index contributed by atoms with van der Waals surface area (Å²) in [7, 11) is -4.45. The van der Waals surface area contributed by atoms with E-state index in [2.05, 4.69) is 26.0 Å². The van der Waals surface area contributed by atoms with E-state index in [-0.39, 0.29) is 34.5 Å². The summed E-state index contributed by atoms with van der Waals surface area (Å²) < 4.78 is 35.0. The quantitative estimate of drug-likeness (QED) is 0.0788. The molecule has 0 heterocycles. The molecular weight excluding hydrogens is 511 g/mol. The van der Waals surface area contributed by atoms with Crippen LogP contribution in [0.4, 0.5) is 0 Å². The van der Waals surface area contributed by atoms with Crippen LogP contribution in [0, 0.1) is 0 Å². The molecule has 0 fully saturated rings. The van der Waals surface area contributed by atoms with Crippen molar-refractivity contribution in [2.75, 3.05) is 0 Å². The van der Waals surface area contributed by atoms with E-state index < -0.39 is 10.1 Å². The Balaban J connectivity index is 0.00000760. The topological polar surface area (TPSA) is 57.2 Å². The zero-order valence-electron chi connectivity index (χ0n) is 25.6. The van der Waals surface area contributed by atoms with Crippen LogP contribution in [0.25, 0.3) is 10.8 Å². The van der Waals surface area contributed by atoms with Crippen LogP contribution < -0.4 is 29.6 Å². The Kier molecular flexibility index (Phi) is 20.9. The van der Waals surface area contributed by atoms with Gasteiger partial charge in [0.2, 0.25) is 0 Å². The van der Waals surface area contributed by atoms with Crippen molar-refractivity contribution < 1.29 is 42.5 Å². The predicted molar refractivity (Wildman–Crippen MR) is 163 cm³/mol. The van der Waals surface area contributed by atoms with Crippen LogP contribution in [0.3, 0.4) is 0 Å². The van der Waals surface area contributed by atoms with Gasteiger partial charge < -0.3 is 4.55 Å². The molecule has 0 aliphatic heterocycles. The minimum absolute atomic E-state index is 0. The summed E-state index contributed by atoms with van der Waals surface area (Å²) in [5, 5.41) is 1.99. The maximum atomic E-state index is 11.7. The molecule has 2 aromatic carbocycles. The molecule has 0 aromatic heterocycles. The summed E-state index contributed by atoms with van der Waals surface area (Å²) >= 11 is 0. The molecule has 2 aromatic rings. The Labute approximate surface area is 263 Å². The minimum atomic E-state index is -4.45. The van der Waals surface area contributed by atoms with Crippen LogP contribution in [0.15, 0.2) is 35.2 Å². The zero-order chi connectivity index (χ0) is 27.5. The monoisotopic (exact) mass is 566 g/mol. The smallest absolute Gasteiger partial charge is 0.744 e. The molecule has 0 saturated carbocycles. The van der Waals surface area contributed by atoms with Gasteiger partial charge in [-0.05, 0) is 59.7 Å². The first-order chi connectivity index (χ1) is 18.5. The SMILES string of the molecule is CCCCCCCCCCCCc1cc(CCCCCCCCCCCC)c2cc(S(=O)(=O)[O-])ccc2c1.[Na+]. The van der Waals surface area contributed by atoms with Crippen LogP contribution in [0.1, 0.15) is 153 Å². The molecule has 0 N–H and O–H groups in total. The van der Waals surface area contributed by atoms with Crippen LogP contribution in [0.2, 0.25) is 0 Å². The first kappa shape index (κ1) is 36.6. The Hall–Kier alpha value is -0.390. The maximum absolute atomic E-state index is 11.7. The standard InChI is InChI=1S/C34H56O3S.Na/c1-3-5-7-9-11-13-15-17-19-21-23-30-27-31(24-22-20-18-16-14-12-10-8-6-4-2)34-29-33(38(35,36)37)26-25-32(34)28-30;/h25-29H,3-24H2,1-2H3,(H,35,36,37);/q;+1/p-1. The van der Waals surface area contributed by atoms with Crippen molar-refractivity contribution in [2.45, 2.75) is 160 Å². The van der Waals surface area contributed by atoms with Crippen molar-refractivity contribution >= 4 is 20.9 Å². The third-order valence-electron chi connectivity index (χ3n) is 7.98. The van der Waals surface area contributed by atoms with Crippen molar-refractivity contribution in [1.29, 1.82) is 0 Å². The van der Waals surface area contributed by atoms with Gasteiger partial charge >= 0.3 is 29.6 Å². The first-order valence-corrected chi connectivity index (χ1v) is 17.4. The molecule has 216 valence electrons. The average molecular weight is 567 g/mol. The van der Waals surface area contributed by atoms with E-state index in [9.17, 15) is 13.0 Å². The van der Waals surface area contributed by atoms with Gasteiger partial charge in [-0.2, -0.15) is 0 Å². The summed E-state index contributed by atoms with van der Waals surface area (Å²) in [6.07, 6.45) is 28.4. The predicted octanol–water partition coefficient (Wildman–Crippen LogP) is 7.67. The minimum Gasteiger partial charge on any atom is -0.744 e. The normalized spacial score (nSPS) is 11.7. The molecule has 2 rings (SSSR count). The molecule has 0 amide bonds. The molecule has 0 unspecified atom stereocenters. The van der Waals surface area contributed by atoms with E-state index >= 15 is 0 Å². The van der Waals surface area contributed by atoms with Gasteiger partial charge in [-0.25, -0.2) is 8.42 Å². The van der Waals surface area contributed by atoms with Gasteiger partial charge in [0.1, 0.15) is 10.1 Å². The number of benzene rings is 2. The van der Waals surface area contributed by atoms with E-state index in [0.717, 1.165) is 30.0 Å². The summed E-state index contributed by atoms with van der Waals surface area (Å²) in [5.74, 6) is 0. The van der Waals surface area contributed by atoms with E-state index in [1.54, 1.807) is 6.07 Å². The summed E-state index contributed by atoms with van der Waals surface area (Å²) in [6.45, 7) is 4.53. The van der Waals surface area contributed by atoms with E-state index in [0.29, 0.717) is 0 Å². The van der Waals surface area contributed by atoms with Gasteiger partial charge in [0.25, 0.3) is 0 Å². The van der Waals surface area contributed by atoms with Gasteiger partial charge in [-0.1, -0.05) is 148 Å². The molecule has 0 aliphatic rings. The molecule has 39 heavy (non-hydrogen) atoms. The van der Waals surface area contributed by atoms with Gasteiger partial charge in [-0.3, -0.25) is 0 Å². The maximum Gasteiger partial charge on any atom is 1.00 e. The number of unbranched alkanes of at least 4 members (excludes halogenated alkanes) is 18. The Bertz CT molecular complexity index is 1000. The third-order valence-corrected chi connectivity index (χ3v) is 8.81. The fraction of sp³-hybridized carbons (Fsp3) is 0.706. The molecule has 0 atom stereocenters. The average Bonchev–Trinajstić information content (AvgIpc) is 2.90. The number of aryl methyl sites for hydroxylation is 2. The van der Waals surface area contributed by atoms with Crippen LogP contribution in [0.5, 0.6) is 0 Å². The molecule has 5 heteroatoms. The Morgan fingerprint density at radius 3 is 1.46 bits per heavy atom. The second-order valence-electron chi connectivity index (χ2n) is 11.5. The fourth-order valence-corrected chi connectivity index (χ4v) is 6.11. The van der Waals surface area contributed by atoms with Crippen molar-refractivity contribution in [3.05, 3.63) is 41.5 Å². The summed E-state index contributed by atoms with van der Waals surface area (Å²) in [5.41, 5.74) is 2.55. The van der Waals surface area contributed by atoms with E-state index in [1.165, 1.54) is 139 Å². The van der Waals surface area contributed by atoms with Crippen molar-refractivity contribution in [3.63, 3.8) is 0 Å². The second-order valence-corrected chi connectivity index (χ2v) is 12.8.